The van der Waals surface area contributed by atoms with Crippen LogP contribution in [0.1, 0.15) is 30.9 Å². The van der Waals surface area contributed by atoms with Gasteiger partial charge in [0.2, 0.25) is 0 Å². The molecule has 0 heterocycles. The van der Waals surface area contributed by atoms with Gasteiger partial charge in [-0.15, -0.1) is 0 Å². The molecule has 6 heteroatoms. The van der Waals surface area contributed by atoms with E-state index in [-0.39, 0.29) is 18.6 Å². The topological polar surface area (TPSA) is 64.6 Å². The first-order valence-corrected chi connectivity index (χ1v) is 7.98. The third-order valence-corrected chi connectivity index (χ3v) is 4.53. The molecule has 2 amide bonds. The number of aliphatic hydroxyl groups is 1. The fourth-order valence-electron chi connectivity index (χ4n) is 2.84. The zero-order valence-electron chi connectivity index (χ0n) is 13.1. The van der Waals surface area contributed by atoms with Crippen LogP contribution < -0.4 is 10.6 Å². The molecule has 22 heavy (non-hydrogen) atoms. The maximum absolute atomic E-state index is 11.9. The number of hydrogen-bond donors (Lipinski definition) is 3. The molecule has 1 aliphatic carbocycles. The molecule has 1 saturated carbocycles. The fraction of sp³-hybridized carbons (Fsp3) is 0.562. The summed E-state index contributed by atoms with van der Waals surface area (Å²) in [6.45, 7) is 0.138. The Balaban J connectivity index is 1.75. The van der Waals surface area contributed by atoms with Crippen molar-refractivity contribution in [1.29, 1.82) is 0 Å². The molecular formula is C16H24ClN3O2. The molecule has 3 unspecified atom stereocenters. The summed E-state index contributed by atoms with van der Waals surface area (Å²) in [7, 11) is 4.13. The molecule has 0 bridgehead atoms. The van der Waals surface area contributed by atoms with Crippen LogP contribution in [0.3, 0.4) is 0 Å². The monoisotopic (exact) mass is 325 g/mol. The summed E-state index contributed by atoms with van der Waals surface area (Å²) in [4.78, 5) is 14.1. The van der Waals surface area contributed by atoms with E-state index in [9.17, 15) is 9.90 Å². The first-order chi connectivity index (χ1) is 10.5. The molecule has 3 N–H and O–H groups in total. The number of hydrogen-bond acceptors (Lipinski definition) is 3. The van der Waals surface area contributed by atoms with Crippen molar-refractivity contribution in [1.82, 2.24) is 15.5 Å². The predicted octanol–water partition coefficient (Wildman–Crippen LogP) is 2.16. The van der Waals surface area contributed by atoms with Gasteiger partial charge in [-0.25, -0.2) is 4.79 Å². The van der Waals surface area contributed by atoms with Crippen LogP contribution in [0.4, 0.5) is 4.79 Å². The maximum atomic E-state index is 11.9. The Bertz CT molecular complexity index is 510. The number of urea groups is 1. The Labute approximate surface area is 136 Å². The number of benzene rings is 1. The summed E-state index contributed by atoms with van der Waals surface area (Å²) in [6.07, 6.45) is 2.24. The number of nitrogens with zero attached hydrogens (tertiary/aromatic N) is 1. The van der Waals surface area contributed by atoms with Crippen molar-refractivity contribution in [3.05, 3.63) is 34.9 Å². The molecule has 1 aromatic carbocycles. The lowest BCUT2D eigenvalue weighted by Crippen LogP contribution is -2.43. The highest BCUT2D eigenvalue weighted by atomic mass is 35.5. The number of nitrogens with one attached hydrogen (secondary N) is 2. The van der Waals surface area contributed by atoms with E-state index in [4.69, 9.17) is 11.6 Å². The molecule has 0 aromatic heterocycles. The van der Waals surface area contributed by atoms with Crippen LogP contribution in [-0.2, 0) is 0 Å². The van der Waals surface area contributed by atoms with Gasteiger partial charge in [-0.2, -0.15) is 0 Å². The summed E-state index contributed by atoms with van der Waals surface area (Å²) in [5, 5.41) is 16.3. The minimum absolute atomic E-state index is 0.138. The number of carbonyl (C=O) groups excluding carboxylic acids is 1. The van der Waals surface area contributed by atoms with Crippen LogP contribution in [-0.4, -0.2) is 48.8 Å². The molecule has 5 nitrogen and oxygen atoms in total. The quantitative estimate of drug-likeness (QED) is 0.777. The predicted molar refractivity (Wildman–Crippen MR) is 88.1 cm³/mol. The van der Waals surface area contributed by atoms with E-state index < -0.39 is 6.10 Å². The number of amides is 2. The van der Waals surface area contributed by atoms with Crippen LogP contribution in [0.15, 0.2) is 24.3 Å². The normalized spacial score (nSPS) is 22.6. The van der Waals surface area contributed by atoms with Gasteiger partial charge in [0, 0.05) is 29.2 Å². The van der Waals surface area contributed by atoms with Crippen molar-refractivity contribution in [3.8, 4) is 0 Å². The Morgan fingerprint density at radius 2 is 2.14 bits per heavy atom. The van der Waals surface area contributed by atoms with E-state index in [1.807, 2.05) is 6.07 Å². The zero-order chi connectivity index (χ0) is 16.1. The Hall–Kier alpha value is -1.30. The van der Waals surface area contributed by atoms with Crippen LogP contribution in [0.2, 0.25) is 5.02 Å². The van der Waals surface area contributed by atoms with Gasteiger partial charge in [-0.1, -0.05) is 29.8 Å². The smallest absolute Gasteiger partial charge is 0.315 e. The van der Waals surface area contributed by atoms with Crippen LogP contribution >= 0.6 is 11.6 Å². The van der Waals surface area contributed by atoms with Crippen molar-refractivity contribution in [3.63, 3.8) is 0 Å². The van der Waals surface area contributed by atoms with Crippen LogP contribution in [0.25, 0.3) is 0 Å². The van der Waals surface area contributed by atoms with Crippen LogP contribution in [0.5, 0.6) is 0 Å². The third-order valence-electron chi connectivity index (χ3n) is 4.19. The minimum Gasteiger partial charge on any atom is -0.387 e. The standard InChI is InChI=1S/C16H24ClN3O2/c1-20(2)12-8-7-11(9-12)19-16(22)18-10-15(21)13-5-3-4-6-14(13)17/h3-6,11-12,15,21H,7-10H2,1-2H3,(H2,18,19,22). The Morgan fingerprint density at radius 1 is 1.41 bits per heavy atom. The lowest BCUT2D eigenvalue weighted by molar-refractivity contribution is 0.172. The average molecular weight is 326 g/mol. The Morgan fingerprint density at radius 3 is 2.77 bits per heavy atom. The van der Waals surface area contributed by atoms with Gasteiger partial charge in [-0.05, 0) is 39.4 Å². The molecule has 3 atom stereocenters. The van der Waals surface area contributed by atoms with E-state index in [2.05, 4.69) is 29.6 Å². The fourth-order valence-corrected chi connectivity index (χ4v) is 3.10. The molecule has 0 aliphatic heterocycles. The van der Waals surface area contributed by atoms with E-state index >= 15 is 0 Å². The minimum atomic E-state index is -0.808. The van der Waals surface area contributed by atoms with Gasteiger partial charge in [0.1, 0.15) is 0 Å². The second-order valence-corrected chi connectivity index (χ2v) is 6.43. The number of rotatable bonds is 5. The van der Waals surface area contributed by atoms with Gasteiger partial charge >= 0.3 is 6.03 Å². The van der Waals surface area contributed by atoms with E-state index in [0.29, 0.717) is 16.6 Å². The zero-order valence-corrected chi connectivity index (χ0v) is 13.8. The summed E-state index contributed by atoms with van der Waals surface area (Å²) in [5.74, 6) is 0. The molecule has 122 valence electrons. The molecule has 0 spiro atoms. The number of aliphatic hydroxyl groups excluding tert-OH is 1. The Kier molecular flexibility index (Phi) is 6.06. The van der Waals surface area contributed by atoms with E-state index in [1.54, 1.807) is 18.2 Å². The van der Waals surface area contributed by atoms with Gasteiger partial charge in [0.25, 0.3) is 0 Å². The SMILES string of the molecule is CN(C)C1CCC(NC(=O)NCC(O)c2ccccc2Cl)C1. The molecular weight excluding hydrogens is 302 g/mol. The van der Waals surface area contributed by atoms with Crippen molar-refractivity contribution in [2.75, 3.05) is 20.6 Å². The molecule has 1 aliphatic rings. The average Bonchev–Trinajstić information content (AvgIpc) is 2.94. The first-order valence-electron chi connectivity index (χ1n) is 7.60. The van der Waals surface area contributed by atoms with Gasteiger partial charge in [-0.3, -0.25) is 0 Å². The lowest BCUT2D eigenvalue weighted by Gasteiger charge is -2.20. The summed E-state index contributed by atoms with van der Waals surface area (Å²) < 4.78 is 0. The van der Waals surface area contributed by atoms with Gasteiger partial charge < -0.3 is 20.6 Å². The molecule has 0 saturated heterocycles. The molecule has 1 aromatic rings. The second-order valence-electron chi connectivity index (χ2n) is 6.02. The number of carbonyl (C=O) groups is 1. The maximum Gasteiger partial charge on any atom is 0.315 e. The largest absolute Gasteiger partial charge is 0.387 e. The van der Waals surface area contributed by atoms with Crippen molar-refractivity contribution in [2.45, 2.75) is 37.5 Å². The third kappa shape index (κ3) is 4.60. The van der Waals surface area contributed by atoms with E-state index in [0.717, 1.165) is 19.3 Å². The summed E-state index contributed by atoms with van der Waals surface area (Å²) in [5.41, 5.74) is 0.623. The van der Waals surface area contributed by atoms with Gasteiger partial charge in [0.05, 0.1) is 6.10 Å². The van der Waals surface area contributed by atoms with Crippen molar-refractivity contribution < 1.29 is 9.90 Å². The first kappa shape index (κ1) is 17.1. The molecule has 2 rings (SSSR count). The van der Waals surface area contributed by atoms with Crippen LogP contribution in [0, 0.1) is 0 Å². The summed E-state index contributed by atoms with van der Waals surface area (Å²) >= 11 is 6.02. The molecule has 0 radical (unpaired) electrons. The van der Waals surface area contributed by atoms with Crippen molar-refractivity contribution >= 4 is 17.6 Å². The molecule has 1 fully saturated rings. The lowest BCUT2D eigenvalue weighted by atomic mass is 10.1. The highest BCUT2D eigenvalue weighted by molar-refractivity contribution is 6.31. The highest BCUT2D eigenvalue weighted by Crippen LogP contribution is 2.23. The second kappa shape index (κ2) is 7.81. The summed E-state index contributed by atoms with van der Waals surface area (Å²) in [6, 6.07) is 7.58. The van der Waals surface area contributed by atoms with Crippen molar-refractivity contribution in [2.24, 2.45) is 0 Å². The van der Waals surface area contributed by atoms with Gasteiger partial charge in [0.15, 0.2) is 0 Å². The highest BCUT2D eigenvalue weighted by Gasteiger charge is 2.27. The number of halogens is 1. The van der Waals surface area contributed by atoms with E-state index in [1.165, 1.54) is 0 Å².